The summed E-state index contributed by atoms with van der Waals surface area (Å²) in [6.45, 7) is 0. The summed E-state index contributed by atoms with van der Waals surface area (Å²) in [5.41, 5.74) is 0.271. The fourth-order valence-electron chi connectivity index (χ4n) is 1.55. The second-order valence-corrected chi connectivity index (χ2v) is 4.53. The van der Waals surface area contributed by atoms with Crippen LogP contribution in [0.25, 0.3) is 0 Å². The first kappa shape index (κ1) is 14.6. The van der Waals surface area contributed by atoms with Gasteiger partial charge in [0.15, 0.2) is 5.75 Å². The van der Waals surface area contributed by atoms with Gasteiger partial charge < -0.3 is 4.74 Å². The van der Waals surface area contributed by atoms with Crippen molar-refractivity contribution in [3.63, 3.8) is 0 Å². The van der Waals surface area contributed by atoms with Gasteiger partial charge in [-0.3, -0.25) is 10.1 Å². The van der Waals surface area contributed by atoms with Crippen LogP contribution in [0.2, 0.25) is 5.02 Å². The molecule has 2 rings (SSSR count). The maximum atomic E-state index is 13.1. The van der Waals surface area contributed by atoms with Gasteiger partial charge in [-0.15, -0.1) is 11.6 Å². The molecular formula is C13H8Cl2FNO3. The minimum absolute atomic E-state index is 0.0413. The van der Waals surface area contributed by atoms with Crippen molar-refractivity contribution in [2.75, 3.05) is 0 Å². The number of halogens is 3. The Hall–Kier alpha value is -1.85. The maximum absolute atomic E-state index is 13.1. The third-order valence-corrected chi connectivity index (χ3v) is 3.11. The molecule has 0 heterocycles. The number of hydrogen-bond acceptors (Lipinski definition) is 3. The van der Waals surface area contributed by atoms with Gasteiger partial charge in [-0.2, -0.15) is 0 Å². The van der Waals surface area contributed by atoms with Gasteiger partial charge in [0.1, 0.15) is 11.6 Å². The van der Waals surface area contributed by atoms with Gasteiger partial charge in [-0.05, 0) is 24.3 Å². The molecule has 0 radical (unpaired) electrons. The Morgan fingerprint density at radius 2 is 1.95 bits per heavy atom. The number of alkyl halides is 1. The van der Waals surface area contributed by atoms with Crippen molar-refractivity contribution in [3.8, 4) is 11.5 Å². The van der Waals surface area contributed by atoms with Gasteiger partial charge in [0.25, 0.3) is 5.69 Å². The van der Waals surface area contributed by atoms with E-state index in [9.17, 15) is 14.5 Å². The molecule has 2 aromatic rings. The molecule has 20 heavy (non-hydrogen) atoms. The number of nitrogens with zero attached hydrogens (tertiary/aromatic N) is 1. The second-order valence-electron chi connectivity index (χ2n) is 3.86. The number of nitro groups is 1. The lowest BCUT2D eigenvalue weighted by molar-refractivity contribution is -0.384. The van der Waals surface area contributed by atoms with Crippen molar-refractivity contribution in [1.82, 2.24) is 0 Å². The van der Waals surface area contributed by atoms with Crippen LogP contribution in [0.4, 0.5) is 10.1 Å². The number of hydrogen-bond donors (Lipinski definition) is 0. The predicted molar refractivity (Wildman–Crippen MR) is 74.1 cm³/mol. The van der Waals surface area contributed by atoms with Gasteiger partial charge in [-0.1, -0.05) is 11.6 Å². The Balaban J connectivity index is 2.39. The lowest BCUT2D eigenvalue weighted by atomic mass is 10.2. The van der Waals surface area contributed by atoms with Crippen LogP contribution < -0.4 is 4.74 Å². The van der Waals surface area contributed by atoms with Gasteiger partial charge in [-0.25, -0.2) is 4.39 Å². The third kappa shape index (κ3) is 3.18. The van der Waals surface area contributed by atoms with Crippen LogP contribution in [-0.2, 0) is 5.88 Å². The lowest BCUT2D eigenvalue weighted by Gasteiger charge is -2.10. The number of nitro benzene ring substituents is 1. The normalized spacial score (nSPS) is 10.3. The van der Waals surface area contributed by atoms with E-state index in [0.717, 1.165) is 0 Å². The Morgan fingerprint density at radius 1 is 1.20 bits per heavy atom. The third-order valence-electron chi connectivity index (χ3n) is 2.51. The van der Waals surface area contributed by atoms with Crippen LogP contribution in [0.5, 0.6) is 11.5 Å². The summed E-state index contributed by atoms with van der Waals surface area (Å²) in [6.07, 6.45) is 0. The van der Waals surface area contributed by atoms with Gasteiger partial charge >= 0.3 is 0 Å². The molecular weight excluding hydrogens is 308 g/mol. The molecule has 2 aromatic carbocycles. The highest BCUT2D eigenvalue weighted by Gasteiger charge is 2.13. The summed E-state index contributed by atoms with van der Waals surface area (Å²) in [4.78, 5) is 10.2. The quantitative estimate of drug-likeness (QED) is 0.457. The first-order valence-electron chi connectivity index (χ1n) is 5.47. The molecule has 0 bridgehead atoms. The highest BCUT2D eigenvalue weighted by atomic mass is 35.5. The average Bonchev–Trinajstić information content (AvgIpc) is 2.42. The topological polar surface area (TPSA) is 52.4 Å². The molecule has 0 aliphatic heterocycles. The zero-order chi connectivity index (χ0) is 14.7. The van der Waals surface area contributed by atoms with E-state index in [4.69, 9.17) is 27.9 Å². The molecule has 0 aliphatic carbocycles. The van der Waals surface area contributed by atoms with E-state index in [0.29, 0.717) is 11.3 Å². The standard InChI is InChI=1S/C13H8Cl2FNO3/c14-7-8-5-9(16)1-4-12(8)20-13-6-10(17(18)19)2-3-11(13)15/h1-6H,7H2. The van der Waals surface area contributed by atoms with Crippen LogP contribution in [0.3, 0.4) is 0 Å². The zero-order valence-corrected chi connectivity index (χ0v) is 11.5. The first-order chi connectivity index (χ1) is 9.51. The van der Waals surface area contributed by atoms with E-state index in [-0.39, 0.29) is 22.3 Å². The molecule has 104 valence electrons. The van der Waals surface area contributed by atoms with E-state index in [1.807, 2.05) is 0 Å². The van der Waals surface area contributed by atoms with Crippen molar-refractivity contribution < 1.29 is 14.1 Å². The molecule has 4 nitrogen and oxygen atoms in total. The van der Waals surface area contributed by atoms with Gasteiger partial charge in [0, 0.05) is 11.6 Å². The smallest absolute Gasteiger partial charge is 0.273 e. The minimum Gasteiger partial charge on any atom is -0.455 e. The van der Waals surface area contributed by atoms with Crippen LogP contribution in [0.15, 0.2) is 36.4 Å². The van der Waals surface area contributed by atoms with Crippen molar-refractivity contribution in [1.29, 1.82) is 0 Å². The summed E-state index contributed by atoms with van der Waals surface area (Å²) < 4.78 is 18.6. The highest BCUT2D eigenvalue weighted by Crippen LogP contribution is 2.34. The Bertz CT molecular complexity index is 664. The van der Waals surface area contributed by atoms with Crippen molar-refractivity contribution in [2.24, 2.45) is 0 Å². The zero-order valence-electron chi connectivity index (χ0n) is 9.98. The van der Waals surface area contributed by atoms with Crippen molar-refractivity contribution in [2.45, 2.75) is 5.88 Å². The summed E-state index contributed by atoms with van der Waals surface area (Å²) in [5, 5.41) is 10.9. The Kier molecular flexibility index (Phi) is 4.42. The van der Waals surface area contributed by atoms with Crippen LogP contribution in [0.1, 0.15) is 5.56 Å². The van der Waals surface area contributed by atoms with Crippen molar-refractivity contribution >= 4 is 28.9 Å². The SMILES string of the molecule is O=[N+]([O-])c1ccc(Cl)c(Oc2ccc(F)cc2CCl)c1. The minimum atomic E-state index is -0.559. The van der Waals surface area contributed by atoms with E-state index < -0.39 is 10.7 Å². The number of non-ortho nitro benzene ring substituents is 1. The van der Waals surface area contributed by atoms with Gasteiger partial charge in [0.05, 0.1) is 21.9 Å². The van der Waals surface area contributed by atoms with Crippen molar-refractivity contribution in [3.05, 3.63) is 62.9 Å². The number of rotatable bonds is 4. The van der Waals surface area contributed by atoms with Crippen LogP contribution >= 0.6 is 23.2 Å². The molecule has 0 aromatic heterocycles. The molecule has 0 amide bonds. The Morgan fingerprint density at radius 3 is 2.60 bits per heavy atom. The maximum Gasteiger partial charge on any atom is 0.273 e. The molecule has 0 unspecified atom stereocenters. The average molecular weight is 316 g/mol. The molecule has 7 heteroatoms. The monoisotopic (exact) mass is 315 g/mol. The fourth-order valence-corrected chi connectivity index (χ4v) is 1.92. The predicted octanol–water partition coefficient (Wildman–Crippen LogP) is 4.92. The van der Waals surface area contributed by atoms with E-state index >= 15 is 0 Å². The molecule has 0 saturated heterocycles. The van der Waals surface area contributed by atoms with Crippen LogP contribution in [0, 0.1) is 15.9 Å². The lowest BCUT2D eigenvalue weighted by Crippen LogP contribution is -1.93. The Labute approximate surface area is 123 Å². The molecule has 0 aliphatic rings. The fraction of sp³-hybridized carbons (Fsp3) is 0.0769. The molecule has 0 atom stereocenters. The van der Waals surface area contributed by atoms with E-state index in [2.05, 4.69) is 0 Å². The summed E-state index contributed by atoms with van der Waals surface area (Å²) in [7, 11) is 0. The van der Waals surface area contributed by atoms with E-state index in [1.165, 1.54) is 36.4 Å². The summed E-state index contributed by atoms with van der Waals surface area (Å²) in [5.74, 6) is 0.000363. The molecule has 0 fully saturated rings. The molecule has 0 saturated carbocycles. The van der Waals surface area contributed by atoms with E-state index in [1.54, 1.807) is 0 Å². The largest absolute Gasteiger partial charge is 0.455 e. The summed E-state index contributed by atoms with van der Waals surface area (Å²) >= 11 is 11.6. The van der Waals surface area contributed by atoms with Gasteiger partial charge in [0.2, 0.25) is 0 Å². The van der Waals surface area contributed by atoms with Crippen LogP contribution in [-0.4, -0.2) is 4.92 Å². The summed E-state index contributed by atoms with van der Waals surface area (Å²) in [6, 6.07) is 7.65. The number of ether oxygens (including phenoxy) is 1. The first-order valence-corrected chi connectivity index (χ1v) is 6.38. The highest BCUT2D eigenvalue weighted by molar-refractivity contribution is 6.32. The molecule has 0 N–H and O–H groups in total. The second kappa shape index (κ2) is 6.07. The molecule has 0 spiro atoms. The number of benzene rings is 2.